The summed E-state index contributed by atoms with van der Waals surface area (Å²) in [5, 5.41) is 6.67. The molecule has 2 saturated heterocycles. The van der Waals surface area contributed by atoms with Crippen LogP contribution in [0.5, 0.6) is 0 Å². The van der Waals surface area contributed by atoms with Crippen molar-refractivity contribution in [2.75, 3.05) is 33.2 Å². The number of hydrogen-bond donors (Lipinski definition) is 2. The molecule has 0 aromatic carbocycles. The Kier molecular flexibility index (Phi) is 4.82. The monoisotopic (exact) mass is 432 g/mol. The molecule has 2 N–H and O–H groups in total. The minimum Gasteiger partial charge on any atom is -0.356 e. The first kappa shape index (κ1) is 17.3. The van der Waals surface area contributed by atoms with Crippen molar-refractivity contribution in [3.63, 3.8) is 0 Å². The van der Waals surface area contributed by atoms with Crippen LogP contribution in [0, 0.1) is 16.7 Å². The highest BCUT2D eigenvalue weighted by Crippen LogP contribution is 2.60. The van der Waals surface area contributed by atoms with E-state index in [0.717, 1.165) is 50.9 Å². The maximum absolute atomic E-state index is 11.6. The van der Waals surface area contributed by atoms with Crippen LogP contribution in [0.4, 0.5) is 0 Å². The zero-order valence-corrected chi connectivity index (χ0v) is 16.4. The molecule has 2 heterocycles. The lowest BCUT2D eigenvalue weighted by atomic mass is 9.79. The molecule has 130 valence electrons. The van der Waals surface area contributed by atoms with E-state index in [2.05, 4.69) is 20.5 Å². The maximum Gasteiger partial charge on any atom is 0.220 e. The molecule has 1 atom stereocenters. The second kappa shape index (κ2) is 6.41. The summed E-state index contributed by atoms with van der Waals surface area (Å²) in [6, 6.07) is 0. The topological polar surface area (TPSA) is 56.7 Å². The van der Waals surface area contributed by atoms with Crippen LogP contribution in [0.2, 0.25) is 0 Å². The van der Waals surface area contributed by atoms with Crippen LogP contribution in [0.1, 0.15) is 44.9 Å². The van der Waals surface area contributed by atoms with Gasteiger partial charge in [-0.15, -0.1) is 24.0 Å². The van der Waals surface area contributed by atoms with E-state index in [1.54, 1.807) is 0 Å². The summed E-state index contributed by atoms with van der Waals surface area (Å²) in [7, 11) is 1.89. The number of halogens is 1. The van der Waals surface area contributed by atoms with E-state index < -0.39 is 0 Å². The number of likely N-dealkylation sites (tertiary alicyclic amines) is 1. The molecular weight excluding hydrogens is 403 g/mol. The van der Waals surface area contributed by atoms with Crippen molar-refractivity contribution in [1.29, 1.82) is 0 Å². The number of carbonyl (C=O) groups excluding carboxylic acids is 1. The molecule has 23 heavy (non-hydrogen) atoms. The Balaban J connectivity index is 0.00000156. The molecule has 4 rings (SSSR count). The van der Waals surface area contributed by atoms with Crippen LogP contribution >= 0.6 is 24.0 Å². The number of nitrogens with zero attached hydrogens (tertiary/aromatic N) is 2. The molecule has 0 aromatic rings. The van der Waals surface area contributed by atoms with E-state index in [0.29, 0.717) is 11.8 Å². The zero-order valence-electron chi connectivity index (χ0n) is 14.1. The van der Waals surface area contributed by atoms with Gasteiger partial charge in [-0.05, 0) is 49.9 Å². The fourth-order valence-electron chi connectivity index (χ4n) is 4.60. The van der Waals surface area contributed by atoms with Crippen molar-refractivity contribution in [2.45, 2.75) is 44.9 Å². The smallest absolute Gasteiger partial charge is 0.220 e. The lowest BCUT2D eigenvalue weighted by Crippen LogP contribution is -2.52. The average Bonchev–Trinajstić information content (AvgIpc) is 3.40. The lowest BCUT2D eigenvalue weighted by Gasteiger charge is -2.41. The van der Waals surface area contributed by atoms with Crippen LogP contribution in [0.25, 0.3) is 0 Å². The molecule has 6 heteroatoms. The Morgan fingerprint density at radius 1 is 1.39 bits per heavy atom. The normalized spacial score (nSPS) is 32.5. The second-order valence-corrected chi connectivity index (χ2v) is 8.02. The predicted octanol–water partition coefficient (Wildman–Crippen LogP) is 1.97. The number of amides is 1. The van der Waals surface area contributed by atoms with Crippen molar-refractivity contribution >= 4 is 35.8 Å². The van der Waals surface area contributed by atoms with Gasteiger partial charge in [0, 0.05) is 45.1 Å². The maximum atomic E-state index is 11.6. The summed E-state index contributed by atoms with van der Waals surface area (Å²) in [5.74, 6) is 2.24. The Hall–Kier alpha value is -0.530. The molecule has 0 aromatic heterocycles. The third kappa shape index (κ3) is 3.46. The minimum absolute atomic E-state index is 0. The first-order valence-electron chi connectivity index (χ1n) is 8.87. The quantitative estimate of drug-likeness (QED) is 0.408. The van der Waals surface area contributed by atoms with E-state index >= 15 is 0 Å². The zero-order chi connectivity index (χ0) is 15.2. The van der Waals surface area contributed by atoms with E-state index in [1.807, 2.05) is 7.05 Å². The number of piperidine rings is 1. The van der Waals surface area contributed by atoms with Crippen LogP contribution < -0.4 is 10.6 Å². The van der Waals surface area contributed by atoms with E-state index in [9.17, 15) is 4.79 Å². The third-order valence-corrected chi connectivity index (χ3v) is 6.30. The fraction of sp³-hybridized carbons (Fsp3) is 0.882. The Labute approximate surface area is 156 Å². The van der Waals surface area contributed by atoms with Crippen molar-refractivity contribution < 1.29 is 4.79 Å². The molecule has 2 aliphatic carbocycles. The first-order valence-corrected chi connectivity index (χ1v) is 8.87. The van der Waals surface area contributed by atoms with Crippen molar-refractivity contribution in [1.82, 2.24) is 15.5 Å². The first-order chi connectivity index (χ1) is 10.6. The number of guanidine groups is 1. The molecule has 0 bridgehead atoms. The SMILES string of the molecule is CN=C(NCC1(C2CC2)CC1)N1CCCC2(CNC(=O)C2)C1.I. The van der Waals surface area contributed by atoms with Gasteiger partial charge in [0.1, 0.15) is 0 Å². The summed E-state index contributed by atoms with van der Waals surface area (Å²) in [6.45, 7) is 3.95. The van der Waals surface area contributed by atoms with E-state index in [-0.39, 0.29) is 35.3 Å². The van der Waals surface area contributed by atoms with E-state index in [4.69, 9.17) is 0 Å². The number of nitrogens with one attached hydrogen (secondary N) is 2. The molecule has 0 radical (unpaired) electrons. The molecule has 2 saturated carbocycles. The lowest BCUT2D eigenvalue weighted by molar-refractivity contribution is -0.119. The van der Waals surface area contributed by atoms with Gasteiger partial charge < -0.3 is 15.5 Å². The van der Waals surface area contributed by atoms with Crippen LogP contribution in [0.15, 0.2) is 4.99 Å². The molecule has 5 nitrogen and oxygen atoms in total. The number of rotatable bonds is 3. The molecule has 1 amide bonds. The molecule has 1 unspecified atom stereocenters. The van der Waals surface area contributed by atoms with Crippen LogP contribution in [0.3, 0.4) is 0 Å². The summed E-state index contributed by atoms with van der Waals surface area (Å²) >= 11 is 0. The van der Waals surface area contributed by atoms with Gasteiger partial charge in [0.25, 0.3) is 0 Å². The predicted molar refractivity (Wildman–Crippen MR) is 102 cm³/mol. The second-order valence-electron chi connectivity index (χ2n) is 8.02. The fourth-order valence-corrected chi connectivity index (χ4v) is 4.60. The molecular formula is C17H29IN4O. The molecule has 1 spiro atoms. The van der Waals surface area contributed by atoms with Crippen LogP contribution in [-0.2, 0) is 4.79 Å². The molecule has 4 aliphatic rings. The molecule has 4 fully saturated rings. The van der Waals surface area contributed by atoms with Gasteiger partial charge in [-0.3, -0.25) is 9.79 Å². The van der Waals surface area contributed by atoms with Gasteiger partial charge in [0.05, 0.1) is 0 Å². The van der Waals surface area contributed by atoms with E-state index in [1.165, 1.54) is 25.7 Å². The summed E-state index contributed by atoms with van der Waals surface area (Å²) in [6.07, 6.45) is 8.65. The Morgan fingerprint density at radius 2 is 2.17 bits per heavy atom. The standard InChI is InChI=1S/C17H28N4O.HI/c1-18-15(20-11-17(6-7-17)13-3-4-13)21-8-2-5-16(12-21)9-14(22)19-10-16;/h13H,2-12H2,1H3,(H,18,20)(H,19,22);1H. The minimum atomic E-state index is 0. The Morgan fingerprint density at radius 3 is 2.74 bits per heavy atom. The van der Waals surface area contributed by atoms with Gasteiger partial charge in [-0.25, -0.2) is 0 Å². The number of hydrogen-bond acceptors (Lipinski definition) is 2. The van der Waals surface area contributed by atoms with Crippen molar-refractivity contribution in [2.24, 2.45) is 21.7 Å². The summed E-state index contributed by atoms with van der Waals surface area (Å²) in [5.41, 5.74) is 0.731. The summed E-state index contributed by atoms with van der Waals surface area (Å²) < 4.78 is 0. The third-order valence-electron chi connectivity index (χ3n) is 6.30. The highest BCUT2D eigenvalue weighted by molar-refractivity contribution is 14.0. The van der Waals surface area contributed by atoms with Crippen molar-refractivity contribution in [3.05, 3.63) is 0 Å². The summed E-state index contributed by atoms with van der Waals surface area (Å²) in [4.78, 5) is 18.5. The van der Waals surface area contributed by atoms with Gasteiger partial charge in [0.2, 0.25) is 5.91 Å². The number of aliphatic imine (C=N–C) groups is 1. The van der Waals surface area contributed by atoms with Crippen molar-refractivity contribution in [3.8, 4) is 0 Å². The Bertz CT molecular complexity index is 501. The largest absolute Gasteiger partial charge is 0.356 e. The van der Waals surface area contributed by atoms with Gasteiger partial charge >= 0.3 is 0 Å². The van der Waals surface area contributed by atoms with Crippen LogP contribution in [-0.4, -0.2) is 50.0 Å². The van der Waals surface area contributed by atoms with Gasteiger partial charge in [0.15, 0.2) is 5.96 Å². The molecule has 2 aliphatic heterocycles. The highest BCUT2D eigenvalue weighted by Gasteiger charge is 2.53. The van der Waals surface area contributed by atoms with Gasteiger partial charge in [-0.1, -0.05) is 0 Å². The van der Waals surface area contributed by atoms with Gasteiger partial charge in [-0.2, -0.15) is 0 Å². The average molecular weight is 432 g/mol. The number of carbonyl (C=O) groups is 1. The highest BCUT2D eigenvalue weighted by atomic mass is 127.